The van der Waals surface area contributed by atoms with Crippen LogP contribution in [0.1, 0.15) is 20.7 Å². The molecule has 0 aliphatic rings. The van der Waals surface area contributed by atoms with Crippen molar-refractivity contribution in [3.05, 3.63) is 52.4 Å². The summed E-state index contributed by atoms with van der Waals surface area (Å²) in [7, 11) is 1.05. The summed E-state index contributed by atoms with van der Waals surface area (Å²) in [6.45, 7) is 0. The zero-order valence-electron chi connectivity index (χ0n) is 10.6. The molecule has 0 bridgehead atoms. The van der Waals surface area contributed by atoms with Gasteiger partial charge in [-0.2, -0.15) is 0 Å². The Balaban J connectivity index is 2.34. The molecule has 5 nitrogen and oxygen atoms in total. The van der Waals surface area contributed by atoms with Crippen molar-refractivity contribution >= 4 is 29.2 Å². The molecule has 1 aromatic carbocycles. The highest BCUT2D eigenvalue weighted by Gasteiger charge is 2.19. The van der Waals surface area contributed by atoms with Gasteiger partial charge in [-0.25, -0.2) is 13.6 Å². The Labute approximate surface area is 122 Å². The molecule has 0 unspecified atom stereocenters. The Morgan fingerprint density at radius 2 is 1.95 bits per heavy atom. The van der Waals surface area contributed by atoms with E-state index in [1.165, 1.54) is 12.3 Å². The summed E-state index contributed by atoms with van der Waals surface area (Å²) in [4.78, 5) is 23.2. The van der Waals surface area contributed by atoms with Crippen LogP contribution in [0.4, 0.5) is 14.5 Å². The van der Waals surface area contributed by atoms with E-state index in [1.54, 1.807) is 0 Å². The second kappa shape index (κ2) is 5.92. The zero-order valence-corrected chi connectivity index (χ0v) is 11.3. The summed E-state index contributed by atoms with van der Waals surface area (Å²) in [6, 6.07) is 2.58. The first-order valence-electron chi connectivity index (χ1n) is 5.55. The molecule has 0 saturated carbocycles. The summed E-state index contributed by atoms with van der Waals surface area (Å²) < 4.78 is 36.2. The fourth-order valence-corrected chi connectivity index (χ4v) is 1.76. The van der Waals surface area contributed by atoms with Gasteiger partial charge in [-0.15, -0.1) is 0 Å². The molecule has 2 rings (SSSR count). The van der Waals surface area contributed by atoms with Gasteiger partial charge in [-0.3, -0.25) is 4.79 Å². The minimum absolute atomic E-state index is 0.0278. The molecule has 8 heteroatoms. The van der Waals surface area contributed by atoms with Crippen molar-refractivity contribution in [1.82, 2.24) is 0 Å². The molecule has 110 valence electrons. The van der Waals surface area contributed by atoms with Gasteiger partial charge in [0.1, 0.15) is 11.6 Å². The third-order valence-electron chi connectivity index (χ3n) is 2.57. The minimum atomic E-state index is -1.10. The van der Waals surface area contributed by atoms with E-state index >= 15 is 0 Å². The van der Waals surface area contributed by atoms with Gasteiger partial charge >= 0.3 is 5.97 Å². The normalized spacial score (nSPS) is 10.3. The van der Waals surface area contributed by atoms with Crippen molar-refractivity contribution in [1.29, 1.82) is 0 Å². The Morgan fingerprint density at radius 1 is 1.24 bits per heavy atom. The molecule has 2 aromatic rings. The van der Waals surface area contributed by atoms with Gasteiger partial charge in [0.05, 0.1) is 30.2 Å². The number of ether oxygens (including phenoxy) is 1. The summed E-state index contributed by atoms with van der Waals surface area (Å²) in [6.07, 6.45) is 1.18. The zero-order chi connectivity index (χ0) is 15.6. The summed E-state index contributed by atoms with van der Waals surface area (Å²) in [5, 5.41) is 1.99. The van der Waals surface area contributed by atoms with E-state index in [4.69, 9.17) is 16.0 Å². The SMILES string of the molecule is COC(=O)c1cc(NC(=O)c2ccoc2Cl)c(F)cc1F. The van der Waals surface area contributed by atoms with E-state index in [0.29, 0.717) is 6.07 Å². The average Bonchev–Trinajstić information content (AvgIpc) is 2.87. The third-order valence-corrected chi connectivity index (χ3v) is 2.87. The molecular formula is C13H8ClF2NO4. The van der Waals surface area contributed by atoms with Crippen LogP contribution in [-0.4, -0.2) is 19.0 Å². The van der Waals surface area contributed by atoms with Gasteiger partial charge in [0.2, 0.25) is 5.22 Å². The monoisotopic (exact) mass is 315 g/mol. The van der Waals surface area contributed by atoms with Gasteiger partial charge < -0.3 is 14.5 Å². The topological polar surface area (TPSA) is 68.5 Å². The smallest absolute Gasteiger partial charge is 0.340 e. The van der Waals surface area contributed by atoms with Crippen LogP contribution >= 0.6 is 11.6 Å². The van der Waals surface area contributed by atoms with Crippen molar-refractivity contribution in [2.75, 3.05) is 12.4 Å². The number of carbonyl (C=O) groups is 2. The lowest BCUT2D eigenvalue weighted by Gasteiger charge is -2.08. The van der Waals surface area contributed by atoms with Crippen molar-refractivity contribution in [2.24, 2.45) is 0 Å². The highest BCUT2D eigenvalue weighted by molar-refractivity contribution is 6.32. The van der Waals surface area contributed by atoms with Gasteiger partial charge in [-0.05, 0) is 23.7 Å². The lowest BCUT2D eigenvalue weighted by Crippen LogP contribution is -2.14. The number of halogens is 3. The Hall–Kier alpha value is -2.41. The van der Waals surface area contributed by atoms with Crippen LogP contribution < -0.4 is 5.32 Å². The molecule has 1 aromatic heterocycles. The number of esters is 1. The molecule has 0 spiro atoms. The van der Waals surface area contributed by atoms with Crippen molar-refractivity contribution in [2.45, 2.75) is 0 Å². The Kier molecular flexibility index (Phi) is 4.23. The van der Waals surface area contributed by atoms with Crippen LogP contribution in [0.3, 0.4) is 0 Å². The highest BCUT2D eigenvalue weighted by Crippen LogP contribution is 2.23. The summed E-state index contributed by atoms with van der Waals surface area (Å²) >= 11 is 5.61. The molecule has 0 aliphatic heterocycles. The first kappa shape index (κ1) is 15.0. The van der Waals surface area contributed by atoms with E-state index in [1.807, 2.05) is 0 Å². The maximum Gasteiger partial charge on any atom is 0.340 e. The number of rotatable bonds is 3. The number of amides is 1. The van der Waals surface area contributed by atoms with Crippen LogP contribution in [0, 0.1) is 11.6 Å². The summed E-state index contributed by atoms with van der Waals surface area (Å²) in [5.41, 5.74) is -0.924. The third kappa shape index (κ3) is 3.03. The lowest BCUT2D eigenvalue weighted by atomic mass is 10.1. The fraction of sp³-hybridized carbons (Fsp3) is 0.0769. The number of benzene rings is 1. The second-order valence-electron chi connectivity index (χ2n) is 3.87. The van der Waals surface area contributed by atoms with Gasteiger partial charge in [-0.1, -0.05) is 0 Å². The molecule has 1 N–H and O–H groups in total. The molecular weight excluding hydrogens is 308 g/mol. The molecule has 0 atom stereocenters. The van der Waals surface area contributed by atoms with Crippen LogP contribution in [0.5, 0.6) is 0 Å². The van der Waals surface area contributed by atoms with Crippen molar-refractivity contribution in [3.63, 3.8) is 0 Å². The maximum absolute atomic E-state index is 13.6. The molecule has 0 radical (unpaired) electrons. The number of hydrogen-bond acceptors (Lipinski definition) is 4. The summed E-state index contributed by atoms with van der Waals surface area (Å²) in [5.74, 6) is -3.91. The fourth-order valence-electron chi connectivity index (χ4n) is 1.56. The number of nitrogens with one attached hydrogen (secondary N) is 1. The molecule has 0 saturated heterocycles. The largest absolute Gasteiger partial charge is 0.465 e. The predicted octanol–water partition coefficient (Wildman–Crippen LogP) is 3.25. The van der Waals surface area contributed by atoms with Crippen LogP contribution in [0.15, 0.2) is 28.9 Å². The van der Waals surface area contributed by atoms with Gasteiger partial charge in [0.15, 0.2) is 0 Å². The number of hydrogen-bond donors (Lipinski definition) is 1. The second-order valence-corrected chi connectivity index (χ2v) is 4.21. The first-order chi connectivity index (χ1) is 9.93. The first-order valence-corrected chi connectivity index (χ1v) is 5.93. The van der Waals surface area contributed by atoms with Crippen LogP contribution in [0.2, 0.25) is 5.22 Å². The van der Waals surface area contributed by atoms with E-state index in [-0.39, 0.29) is 16.5 Å². The van der Waals surface area contributed by atoms with Gasteiger partial charge in [0, 0.05) is 6.07 Å². The molecule has 1 heterocycles. The van der Waals surface area contributed by atoms with Crippen molar-refractivity contribution in [3.8, 4) is 0 Å². The van der Waals surface area contributed by atoms with Gasteiger partial charge in [0.25, 0.3) is 5.91 Å². The standard InChI is InChI=1S/C13H8ClF2NO4/c1-20-13(19)7-4-10(9(16)5-8(7)15)17-12(18)6-2-3-21-11(6)14/h2-5H,1H3,(H,17,18). The van der Waals surface area contributed by atoms with E-state index in [9.17, 15) is 18.4 Å². The number of furan rings is 1. The van der Waals surface area contributed by atoms with E-state index < -0.39 is 29.1 Å². The highest BCUT2D eigenvalue weighted by atomic mass is 35.5. The number of carbonyl (C=O) groups excluding carboxylic acids is 2. The van der Waals surface area contributed by atoms with Crippen LogP contribution in [-0.2, 0) is 4.74 Å². The Bertz CT molecular complexity index is 714. The van der Waals surface area contributed by atoms with Crippen LogP contribution in [0.25, 0.3) is 0 Å². The maximum atomic E-state index is 13.6. The Morgan fingerprint density at radius 3 is 2.52 bits per heavy atom. The minimum Gasteiger partial charge on any atom is -0.465 e. The number of methoxy groups -OCH3 is 1. The molecule has 1 amide bonds. The van der Waals surface area contributed by atoms with Crippen molar-refractivity contribution < 1.29 is 27.5 Å². The predicted molar refractivity (Wildman–Crippen MR) is 69.4 cm³/mol. The quantitative estimate of drug-likeness (QED) is 0.883. The average molecular weight is 316 g/mol. The van der Waals surface area contributed by atoms with E-state index in [0.717, 1.165) is 13.2 Å². The van der Waals surface area contributed by atoms with E-state index in [2.05, 4.69) is 10.1 Å². The lowest BCUT2D eigenvalue weighted by molar-refractivity contribution is 0.0595. The molecule has 0 aliphatic carbocycles. The molecule has 21 heavy (non-hydrogen) atoms. The number of anilines is 1. The molecule has 0 fully saturated rings.